The summed E-state index contributed by atoms with van der Waals surface area (Å²) in [6.07, 6.45) is 1.53. The molecule has 0 aliphatic heterocycles. The molecular weight excluding hydrogens is 308 g/mol. The SMILES string of the molecule is Cc1[nH]c2ccccc2c1/C=N\NC(=O)c1ccccc1[N+](=O)[O-]. The highest BCUT2D eigenvalue weighted by Crippen LogP contribution is 2.20. The Labute approximate surface area is 137 Å². The molecule has 1 amide bonds. The molecule has 7 heteroatoms. The number of hydrazone groups is 1. The van der Waals surface area contributed by atoms with Gasteiger partial charge in [0.25, 0.3) is 11.6 Å². The summed E-state index contributed by atoms with van der Waals surface area (Å²) in [7, 11) is 0. The van der Waals surface area contributed by atoms with Gasteiger partial charge in [0.1, 0.15) is 5.56 Å². The Morgan fingerprint density at radius 3 is 2.71 bits per heavy atom. The van der Waals surface area contributed by atoms with E-state index in [0.29, 0.717) is 0 Å². The number of aryl methyl sites for hydroxylation is 1. The van der Waals surface area contributed by atoms with Gasteiger partial charge in [0.2, 0.25) is 0 Å². The number of carbonyl (C=O) groups excluding carboxylic acids is 1. The van der Waals surface area contributed by atoms with E-state index < -0.39 is 10.8 Å². The predicted octanol–water partition coefficient (Wildman–Crippen LogP) is 3.15. The highest BCUT2D eigenvalue weighted by molar-refractivity contribution is 6.02. The van der Waals surface area contributed by atoms with Crippen molar-refractivity contribution in [2.75, 3.05) is 0 Å². The zero-order chi connectivity index (χ0) is 17.1. The number of fused-ring (bicyclic) bond motifs is 1. The van der Waals surface area contributed by atoms with Crippen LogP contribution in [0, 0.1) is 17.0 Å². The summed E-state index contributed by atoms with van der Waals surface area (Å²) in [6, 6.07) is 13.5. The van der Waals surface area contributed by atoms with E-state index in [1.165, 1.54) is 24.4 Å². The van der Waals surface area contributed by atoms with Gasteiger partial charge < -0.3 is 4.98 Å². The molecule has 7 nitrogen and oxygen atoms in total. The monoisotopic (exact) mass is 322 g/mol. The maximum Gasteiger partial charge on any atom is 0.282 e. The molecule has 0 saturated carbocycles. The Morgan fingerprint density at radius 2 is 1.92 bits per heavy atom. The van der Waals surface area contributed by atoms with Crippen molar-refractivity contribution < 1.29 is 9.72 Å². The number of hydrogen-bond acceptors (Lipinski definition) is 4. The fourth-order valence-electron chi connectivity index (χ4n) is 2.51. The summed E-state index contributed by atoms with van der Waals surface area (Å²) in [6.45, 7) is 1.91. The van der Waals surface area contributed by atoms with Crippen molar-refractivity contribution in [1.29, 1.82) is 0 Å². The predicted molar refractivity (Wildman–Crippen MR) is 91.2 cm³/mol. The molecule has 24 heavy (non-hydrogen) atoms. The normalized spacial score (nSPS) is 11.0. The molecule has 1 heterocycles. The van der Waals surface area contributed by atoms with Gasteiger partial charge in [-0.25, -0.2) is 5.43 Å². The number of rotatable bonds is 4. The molecule has 2 aromatic carbocycles. The van der Waals surface area contributed by atoms with Crippen molar-refractivity contribution in [3.8, 4) is 0 Å². The number of aromatic nitrogens is 1. The third-order valence-corrected chi connectivity index (χ3v) is 3.65. The number of benzene rings is 2. The number of hydrogen-bond donors (Lipinski definition) is 2. The number of H-pyrrole nitrogens is 1. The molecular formula is C17H14N4O3. The molecule has 0 aliphatic carbocycles. The summed E-state index contributed by atoms with van der Waals surface area (Å²) in [5.41, 5.74) is 4.79. The van der Waals surface area contributed by atoms with Gasteiger partial charge in [-0.1, -0.05) is 30.3 Å². The number of amides is 1. The molecule has 3 aromatic rings. The number of nitro groups is 1. The van der Waals surface area contributed by atoms with Crippen LogP contribution >= 0.6 is 0 Å². The first kappa shape index (κ1) is 15.4. The topological polar surface area (TPSA) is 100 Å². The van der Waals surface area contributed by atoms with E-state index in [0.717, 1.165) is 22.2 Å². The van der Waals surface area contributed by atoms with Crippen LogP contribution in [0.15, 0.2) is 53.6 Å². The molecule has 3 rings (SSSR count). The highest BCUT2D eigenvalue weighted by atomic mass is 16.6. The summed E-state index contributed by atoms with van der Waals surface area (Å²) >= 11 is 0. The first-order valence-corrected chi connectivity index (χ1v) is 7.22. The van der Waals surface area contributed by atoms with E-state index in [1.54, 1.807) is 6.07 Å². The third kappa shape index (κ3) is 2.87. The standard InChI is InChI=1S/C17H14N4O3/c1-11-14(12-6-2-4-8-15(12)19-11)10-18-20-17(22)13-7-3-5-9-16(13)21(23)24/h2-10,19H,1H3,(H,20,22)/b18-10-. The lowest BCUT2D eigenvalue weighted by atomic mass is 10.1. The lowest BCUT2D eigenvalue weighted by molar-refractivity contribution is -0.385. The minimum absolute atomic E-state index is 0.0321. The molecule has 0 atom stereocenters. The minimum atomic E-state index is -0.629. The highest BCUT2D eigenvalue weighted by Gasteiger charge is 2.18. The summed E-state index contributed by atoms with van der Waals surface area (Å²) in [4.78, 5) is 25.7. The van der Waals surface area contributed by atoms with Gasteiger partial charge >= 0.3 is 0 Å². The average molecular weight is 322 g/mol. The molecule has 0 radical (unpaired) electrons. The molecule has 0 fully saturated rings. The maximum absolute atomic E-state index is 12.1. The summed E-state index contributed by atoms with van der Waals surface area (Å²) < 4.78 is 0. The quantitative estimate of drug-likeness (QED) is 0.438. The lowest BCUT2D eigenvalue weighted by Gasteiger charge is -2.01. The second-order valence-electron chi connectivity index (χ2n) is 5.18. The molecule has 1 aromatic heterocycles. The van der Waals surface area contributed by atoms with Crippen LogP contribution in [0.3, 0.4) is 0 Å². The molecule has 120 valence electrons. The Bertz CT molecular complexity index is 959. The fraction of sp³-hybridized carbons (Fsp3) is 0.0588. The fourth-order valence-corrected chi connectivity index (χ4v) is 2.51. The molecule has 0 bridgehead atoms. The molecule has 0 spiro atoms. The van der Waals surface area contributed by atoms with Crippen LogP contribution in [-0.4, -0.2) is 22.0 Å². The maximum atomic E-state index is 12.1. The Balaban J connectivity index is 1.83. The second-order valence-corrected chi connectivity index (χ2v) is 5.18. The van der Waals surface area contributed by atoms with Gasteiger partial charge in [-0.2, -0.15) is 5.10 Å². The largest absolute Gasteiger partial charge is 0.358 e. The van der Waals surface area contributed by atoms with Crippen molar-refractivity contribution >= 4 is 28.7 Å². The van der Waals surface area contributed by atoms with Crippen molar-refractivity contribution in [2.45, 2.75) is 6.92 Å². The van der Waals surface area contributed by atoms with E-state index in [4.69, 9.17) is 0 Å². The van der Waals surface area contributed by atoms with E-state index in [2.05, 4.69) is 15.5 Å². The molecule has 2 N–H and O–H groups in total. The summed E-state index contributed by atoms with van der Waals surface area (Å²) in [5.74, 6) is -0.629. The van der Waals surface area contributed by atoms with Crippen LogP contribution in [0.1, 0.15) is 21.6 Å². The lowest BCUT2D eigenvalue weighted by Crippen LogP contribution is -2.19. The Kier molecular flexibility index (Phi) is 4.07. The van der Waals surface area contributed by atoms with Gasteiger partial charge in [0.05, 0.1) is 11.1 Å². The van der Waals surface area contributed by atoms with Gasteiger partial charge in [-0.3, -0.25) is 14.9 Å². The van der Waals surface area contributed by atoms with E-state index in [1.807, 2.05) is 31.2 Å². The zero-order valence-corrected chi connectivity index (χ0v) is 12.8. The van der Waals surface area contributed by atoms with E-state index >= 15 is 0 Å². The van der Waals surface area contributed by atoms with Crippen molar-refractivity contribution in [1.82, 2.24) is 10.4 Å². The van der Waals surface area contributed by atoms with Crippen molar-refractivity contribution in [2.24, 2.45) is 5.10 Å². The zero-order valence-electron chi connectivity index (χ0n) is 12.8. The number of nitrogens with zero attached hydrogens (tertiary/aromatic N) is 2. The average Bonchev–Trinajstić information content (AvgIpc) is 2.90. The van der Waals surface area contributed by atoms with Crippen molar-refractivity contribution in [3.05, 3.63) is 75.5 Å². The molecule has 0 saturated heterocycles. The van der Waals surface area contributed by atoms with Crippen LogP contribution < -0.4 is 5.43 Å². The van der Waals surface area contributed by atoms with Gasteiger partial charge in [-0.05, 0) is 19.1 Å². The number of nitrogens with one attached hydrogen (secondary N) is 2. The van der Waals surface area contributed by atoms with Crippen LogP contribution in [0.5, 0.6) is 0 Å². The van der Waals surface area contributed by atoms with Crippen LogP contribution in [0.25, 0.3) is 10.9 Å². The molecule has 0 unspecified atom stereocenters. The molecule has 0 aliphatic rings. The first-order valence-electron chi connectivity index (χ1n) is 7.22. The Morgan fingerprint density at radius 1 is 1.21 bits per heavy atom. The Hall–Kier alpha value is -3.48. The number of carbonyl (C=O) groups is 1. The van der Waals surface area contributed by atoms with Gasteiger partial charge in [0, 0.05) is 28.2 Å². The number of para-hydroxylation sites is 2. The van der Waals surface area contributed by atoms with Crippen LogP contribution in [-0.2, 0) is 0 Å². The van der Waals surface area contributed by atoms with Crippen LogP contribution in [0.2, 0.25) is 0 Å². The third-order valence-electron chi connectivity index (χ3n) is 3.65. The van der Waals surface area contributed by atoms with Gasteiger partial charge in [0.15, 0.2) is 0 Å². The van der Waals surface area contributed by atoms with E-state index in [9.17, 15) is 14.9 Å². The number of nitro benzene ring substituents is 1. The summed E-state index contributed by atoms with van der Waals surface area (Å²) in [5, 5.41) is 15.9. The smallest absolute Gasteiger partial charge is 0.282 e. The van der Waals surface area contributed by atoms with Crippen LogP contribution in [0.4, 0.5) is 5.69 Å². The van der Waals surface area contributed by atoms with Gasteiger partial charge in [-0.15, -0.1) is 0 Å². The second kappa shape index (κ2) is 6.33. The first-order chi connectivity index (χ1) is 11.6. The van der Waals surface area contributed by atoms with E-state index in [-0.39, 0.29) is 11.3 Å². The minimum Gasteiger partial charge on any atom is -0.358 e. The number of aromatic amines is 1. The van der Waals surface area contributed by atoms with Crippen molar-refractivity contribution in [3.63, 3.8) is 0 Å².